The van der Waals surface area contributed by atoms with Crippen LogP contribution in [0.15, 0.2) is 24.4 Å². The second-order valence-corrected chi connectivity index (χ2v) is 4.72. The van der Waals surface area contributed by atoms with Gasteiger partial charge in [0.05, 0.1) is 12.1 Å². The summed E-state index contributed by atoms with van der Waals surface area (Å²) < 4.78 is 5.71. The lowest BCUT2D eigenvalue weighted by molar-refractivity contribution is 0.318. The molecule has 1 saturated carbocycles. The first kappa shape index (κ1) is 8.57. The van der Waals surface area contributed by atoms with E-state index in [4.69, 9.17) is 4.74 Å². The Bertz CT molecular complexity index is 562. The van der Waals surface area contributed by atoms with Crippen LogP contribution in [0.3, 0.4) is 0 Å². The van der Waals surface area contributed by atoms with E-state index in [1.807, 2.05) is 6.20 Å². The number of benzene rings is 1. The predicted molar refractivity (Wildman–Crippen MR) is 62.9 cm³/mol. The largest absolute Gasteiger partial charge is 0.493 e. The molecule has 0 atom stereocenters. The maximum atomic E-state index is 5.71. The van der Waals surface area contributed by atoms with Gasteiger partial charge in [-0.05, 0) is 42.0 Å². The first-order chi connectivity index (χ1) is 7.93. The minimum atomic E-state index is 0.749. The van der Waals surface area contributed by atoms with Crippen molar-refractivity contribution >= 4 is 10.9 Å². The van der Waals surface area contributed by atoms with Crippen LogP contribution in [0.5, 0.6) is 5.75 Å². The maximum Gasteiger partial charge on any atom is 0.129 e. The van der Waals surface area contributed by atoms with E-state index >= 15 is 0 Å². The predicted octanol–water partition coefficient (Wildman–Crippen LogP) is 3.05. The summed E-state index contributed by atoms with van der Waals surface area (Å²) in [5.41, 5.74) is 4.00. The molecule has 0 N–H and O–H groups in total. The molecule has 0 unspecified atom stereocenters. The third-order valence-corrected chi connectivity index (χ3v) is 3.62. The fourth-order valence-corrected chi connectivity index (χ4v) is 2.65. The van der Waals surface area contributed by atoms with Gasteiger partial charge in [0.15, 0.2) is 0 Å². The number of aromatic nitrogens is 1. The zero-order chi connectivity index (χ0) is 10.5. The van der Waals surface area contributed by atoms with Crippen LogP contribution in [0.4, 0.5) is 0 Å². The van der Waals surface area contributed by atoms with E-state index in [-0.39, 0.29) is 0 Å². The summed E-state index contributed by atoms with van der Waals surface area (Å²) in [6, 6.07) is 6.46. The Labute approximate surface area is 94.3 Å². The van der Waals surface area contributed by atoms with Crippen LogP contribution in [-0.4, -0.2) is 11.6 Å². The number of ether oxygens (including phenoxy) is 1. The quantitative estimate of drug-likeness (QED) is 0.723. The SMILES string of the molecule is c1cc2c3c(ccc(C4CC4)c3n1)OCC2. The summed E-state index contributed by atoms with van der Waals surface area (Å²) in [5, 5.41) is 1.26. The Hall–Kier alpha value is -1.57. The zero-order valence-corrected chi connectivity index (χ0v) is 9.07. The summed E-state index contributed by atoms with van der Waals surface area (Å²) in [7, 11) is 0. The highest BCUT2D eigenvalue weighted by molar-refractivity contribution is 5.91. The Morgan fingerprint density at radius 3 is 3.00 bits per heavy atom. The van der Waals surface area contributed by atoms with Gasteiger partial charge in [0, 0.05) is 18.0 Å². The highest BCUT2D eigenvalue weighted by Gasteiger charge is 2.27. The topological polar surface area (TPSA) is 22.1 Å². The monoisotopic (exact) mass is 211 g/mol. The van der Waals surface area contributed by atoms with Crippen molar-refractivity contribution in [1.29, 1.82) is 0 Å². The second-order valence-electron chi connectivity index (χ2n) is 4.72. The molecule has 1 fully saturated rings. The van der Waals surface area contributed by atoms with Crippen molar-refractivity contribution in [3.63, 3.8) is 0 Å². The molecule has 0 radical (unpaired) electrons. The molecule has 2 heteroatoms. The highest BCUT2D eigenvalue weighted by Crippen LogP contribution is 2.45. The highest BCUT2D eigenvalue weighted by atomic mass is 16.5. The van der Waals surface area contributed by atoms with Crippen molar-refractivity contribution in [2.75, 3.05) is 6.61 Å². The molecule has 1 aromatic carbocycles. The molecule has 0 bridgehead atoms. The molecule has 0 saturated heterocycles. The standard InChI is InChI=1S/C14H13NO/c1-2-9(1)11-3-4-12-13-10(6-8-16-12)5-7-15-14(11)13/h3-5,7,9H,1-2,6,8H2. The Balaban J connectivity index is 2.10. The smallest absolute Gasteiger partial charge is 0.129 e. The lowest BCUT2D eigenvalue weighted by Gasteiger charge is -2.19. The van der Waals surface area contributed by atoms with Gasteiger partial charge >= 0.3 is 0 Å². The van der Waals surface area contributed by atoms with Crippen molar-refractivity contribution in [2.45, 2.75) is 25.2 Å². The molecule has 0 spiro atoms. The van der Waals surface area contributed by atoms with Crippen LogP contribution in [0.2, 0.25) is 0 Å². The molecule has 1 aliphatic carbocycles. The van der Waals surface area contributed by atoms with Gasteiger partial charge in [-0.15, -0.1) is 0 Å². The average molecular weight is 211 g/mol. The molecule has 2 aliphatic rings. The van der Waals surface area contributed by atoms with Gasteiger partial charge in [-0.1, -0.05) is 6.07 Å². The molecule has 2 nitrogen and oxygen atoms in total. The first-order valence-electron chi connectivity index (χ1n) is 5.97. The van der Waals surface area contributed by atoms with Crippen molar-refractivity contribution in [2.24, 2.45) is 0 Å². The van der Waals surface area contributed by atoms with Gasteiger partial charge in [-0.2, -0.15) is 0 Å². The number of nitrogens with zero attached hydrogens (tertiary/aromatic N) is 1. The molecule has 1 aromatic heterocycles. The molecule has 2 aromatic rings. The van der Waals surface area contributed by atoms with Crippen molar-refractivity contribution in [1.82, 2.24) is 4.98 Å². The van der Waals surface area contributed by atoms with E-state index in [0.717, 1.165) is 24.7 Å². The van der Waals surface area contributed by atoms with Crippen LogP contribution in [0.1, 0.15) is 29.9 Å². The Morgan fingerprint density at radius 2 is 2.12 bits per heavy atom. The van der Waals surface area contributed by atoms with E-state index < -0.39 is 0 Å². The summed E-state index contributed by atoms with van der Waals surface area (Å²) in [6.45, 7) is 0.800. The second kappa shape index (κ2) is 2.97. The Morgan fingerprint density at radius 1 is 1.19 bits per heavy atom. The van der Waals surface area contributed by atoms with E-state index in [0.29, 0.717) is 0 Å². The maximum absolute atomic E-state index is 5.71. The van der Waals surface area contributed by atoms with Gasteiger partial charge in [0.1, 0.15) is 5.75 Å². The fraction of sp³-hybridized carbons (Fsp3) is 0.357. The minimum absolute atomic E-state index is 0.749. The number of hydrogen-bond donors (Lipinski definition) is 0. The van der Waals surface area contributed by atoms with Crippen LogP contribution in [0.25, 0.3) is 10.9 Å². The lowest BCUT2D eigenvalue weighted by atomic mass is 9.98. The normalized spacial score (nSPS) is 18.5. The molecule has 80 valence electrons. The lowest BCUT2D eigenvalue weighted by Crippen LogP contribution is -2.09. The summed E-state index contributed by atoms with van der Waals surface area (Å²) in [6.07, 6.45) is 5.60. The number of pyridine rings is 1. The molecular formula is C14H13NO. The average Bonchev–Trinajstić information content (AvgIpc) is 3.14. The third-order valence-electron chi connectivity index (χ3n) is 3.62. The minimum Gasteiger partial charge on any atom is -0.493 e. The van der Waals surface area contributed by atoms with Gasteiger partial charge in [-0.3, -0.25) is 4.98 Å². The molecule has 4 rings (SSSR count). The molecule has 0 amide bonds. The van der Waals surface area contributed by atoms with Crippen molar-refractivity contribution in [3.05, 3.63) is 35.5 Å². The van der Waals surface area contributed by atoms with Crippen molar-refractivity contribution < 1.29 is 4.74 Å². The van der Waals surface area contributed by atoms with Gasteiger partial charge in [0.25, 0.3) is 0 Å². The van der Waals surface area contributed by atoms with E-state index in [2.05, 4.69) is 23.2 Å². The molecular weight excluding hydrogens is 198 g/mol. The molecule has 1 aliphatic heterocycles. The van der Waals surface area contributed by atoms with E-state index in [9.17, 15) is 0 Å². The van der Waals surface area contributed by atoms with Crippen LogP contribution < -0.4 is 4.74 Å². The summed E-state index contributed by atoms with van der Waals surface area (Å²) in [4.78, 5) is 4.57. The third kappa shape index (κ3) is 1.10. The molecule has 2 heterocycles. The van der Waals surface area contributed by atoms with Gasteiger partial charge < -0.3 is 4.74 Å². The number of hydrogen-bond acceptors (Lipinski definition) is 2. The van der Waals surface area contributed by atoms with Crippen LogP contribution >= 0.6 is 0 Å². The molecule has 16 heavy (non-hydrogen) atoms. The van der Waals surface area contributed by atoms with Crippen LogP contribution in [0, 0.1) is 0 Å². The summed E-state index contributed by atoms with van der Waals surface area (Å²) >= 11 is 0. The van der Waals surface area contributed by atoms with Gasteiger partial charge in [0.2, 0.25) is 0 Å². The van der Waals surface area contributed by atoms with Crippen LogP contribution in [-0.2, 0) is 6.42 Å². The first-order valence-corrected chi connectivity index (χ1v) is 5.97. The van der Waals surface area contributed by atoms with Gasteiger partial charge in [-0.25, -0.2) is 0 Å². The van der Waals surface area contributed by atoms with Crippen molar-refractivity contribution in [3.8, 4) is 5.75 Å². The number of rotatable bonds is 1. The summed E-state index contributed by atoms with van der Waals surface area (Å²) in [5.74, 6) is 1.77. The van der Waals surface area contributed by atoms with E-state index in [1.165, 1.54) is 34.9 Å². The Kier molecular flexibility index (Phi) is 1.59. The van der Waals surface area contributed by atoms with E-state index in [1.54, 1.807) is 0 Å². The fourth-order valence-electron chi connectivity index (χ4n) is 2.65. The zero-order valence-electron chi connectivity index (χ0n) is 9.07.